The molecule has 1 atom stereocenters. The van der Waals surface area contributed by atoms with Gasteiger partial charge in [0.05, 0.1) is 30.2 Å². The predicted molar refractivity (Wildman–Crippen MR) is 73.7 cm³/mol. The van der Waals surface area contributed by atoms with Crippen molar-refractivity contribution in [2.24, 2.45) is 0 Å². The van der Waals surface area contributed by atoms with Gasteiger partial charge in [-0.3, -0.25) is 0 Å². The zero-order valence-corrected chi connectivity index (χ0v) is 12.0. The molecule has 0 amide bonds. The lowest BCUT2D eigenvalue weighted by atomic mass is 10.1. The normalized spacial score (nSPS) is 8.53. The summed E-state index contributed by atoms with van der Waals surface area (Å²) in [5.41, 5.74) is 0.477. The van der Waals surface area contributed by atoms with E-state index in [9.17, 15) is 9.59 Å². The quantitative estimate of drug-likeness (QED) is 0.625. The maximum absolute atomic E-state index is 11.5. The van der Waals surface area contributed by atoms with Crippen LogP contribution in [0.5, 0.6) is 0 Å². The van der Waals surface area contributed by atoms with Crippen molar-refractivity contribution in [3.63, 3.8) is 0 Å². The number of hydrogen-bond acceptors (Lipinski definition) is 5. The van der Waals surface area contributed by atoms with Crippen molar-refractivity contribution >= 4 is 21.2 Å². The van der Waals surface area contributed by atoms with Crippen molar-refractivity contribution in [1.29, 1.82) is 5.26 Å². The summed E-state index contributed by atoms with van der Waals surface area (Å²) in [6, 6.07) is 6.44. The first-order chi connectivity index (χ1) is 9.12. The van der Waals surface area contributed by atoms with E-state index >= 15 is 0 Å². The summed E-state index contributed by atoms with van der Waals surface area (Å²) in [6.45, 7) is 3.97. The van der Waals surface area contributed by atoms with Crippen LogP contribution in [0.1, 0.15) is 34.6 Å². The van der Waals surface area contributed by atoms with Gasteiger partial charge in [0.25, 0.3) is 0 Å². The second kappa shape index (κ2) is 10.0. The summed E-state index contributed by atoms with van der Waals surface area (Å²) in [5.74, 6) is 0.650. The molecule has 1 aromatic carbocycles. The highest BCUT2D eigenvalue weighted by Crippen LogP contribution is 2.11. The van der Waals surface area contributed by atoms with Crippen LogP contribution >= 0.6 is 9.24 Å². The molecule has 19 heavy (non-hydrogen) atoms. The number of hydrogen-bond donors (Lipinski definition) is 0. The summed E-state index contributed by atoms with van der Waals surface area (Å²) in [4.78, 5) is 23.1. The van der Waals surface area contributed by atoms with Gasteiger partial charge in [-0.05, 0) is 35.2 Å². The van der Waals surface area contributed by atoms with Gasteiger partial charge < -0.3 is 9.47 Å². The zero-order valence-electron chi connectivity index (χ0n) is 10.9. The Morgan fingerprint density at radius 3 is 1.68 bits per heavy atom. The monoisotopic (exact) mass is 281 g/mol. The molecule has 0 spiro atoms. The molecule has 102 valence electrons. The fourth-order valence-electron chi connectivity index (χ4n) is 1.26. The number of nitrogens with zero attached hydrogens (tertiary/aromatic N) is 1. The molecule has 0 radical (unpaired) electrons. The maximum atomic E-state index is 11.5. The molecule has 0 aliphatic rings. The van der Waals surface area contributed by atoms with Crippen LogP contribution < -0.4 is 0 Å². The Hall–Kier alpha value is -1.92. The standard InChI is InChI=1S/C12H14O4.CH2NP/c1-3-15-11(13)9-7-5-6-8-10(9)12(14)16-4-2;2-1-3/h5-8H,3-4H2,1-2H3;3H2. The lowest BCUT2D eigenvalue weighted by Gasteiger charge is -2.07. The van der Waals surface area contributed by atoms with E-state index < -0.39 is 11.9 Å². The molecule has 5 nitrogen and oxygen atoms in total. The predicted octanol–water partition coefficient (Wildman–Crippen LogP) is 2.38. The minimum atomic E-state index is -0.508. The Balaban J connectivity index is 0.000000982. The fraction of sp³-hybridized carbons (Fsp3) is 0.308. The van der Waals surface area contributed by atoms with Crippen molar-refractivity contribution in [2.75, 3.05) is 13.2 Å². The average Bonchev–Trinajstić information content (AvgIpc) is 2.40. The summed E-state index contributed by atoms with van der Waals surface area (Å²) >= 11 is 0. The first kappa shape index (κ1) is 17.1. The number of esters is 2. The molecule has 0 bridgehead atoms. The van der Waals surface area contributed by atoms with Crippen LogP contribution in [0, 0.1) is 11.1 Å². The van der Waals surface area contributed by atoms with Crippen molar-refractivity contribution < 1.29 is 19.1 Å². The molecular formula is C13H16NO4P. The molecule has 0 saturated carbocycles. The van der Waals surface area contributed by atoms with Gasteiger partial charge >= 0.3 is 11.9 Å². The van der Waals surface area contributed by atoms with E-state index in [1.54, 1.807) is 43.9 Å². The highest BCUT2D eigenvalue weighted by molar-refractivity contribution is 7.23. The molecule has 1 aromatic rings. The van der Waals surface area contributed by atoms with E-state index in [-0.39, 0.29) is 24.3 Å². The molecule has 6 heteroatoms. The molecule has 1 unspecified atom stereocenters. The Morgan fingerprint density at radius 1 is 1.11 bits per heavy atom. The molecular weight excluding hydrogens is 265 g/mol. The Bertz CT molecular complexity index is 431. The molecule has 0 aliphatic carbocycles. The zero-order chi connectivity index (χ0) is 14.7. The van der Waals surface area contributed by atoms with Crippen LogP contribution in [0.2, 0.25) is 0 Å². The van der Waals surface area contributed by atoms with Crippen molar-refractivity contribution in [2.45, 2.75) is 13.8 Å². The molecule has 0 saturated heterocycles. The largest absolute Gasteiger partial charge is 0.462 e. The minimum absolute atomic E-state index is 0.239. The van der Waals surface area contributed by atoms with Gasteiger partial charge in [0, 0.05) is 0 Å². The first-order valence-electron chi connectivity index (χ1n) is 5.65. The second-order valence-corrected chi connectivity index (χ2v) is 3.37. The summed E-state index contributed by atoms with van der Waals surface area (Å²) in [6.07, 6.45) is 0. The second-order valence-electron chi connectivity index (χ2n) is 3.12. The Morgan fingerprint density at radius 2 is 1.42 bits per heavy atom. The number of benzene rings is 1. The van der Waals surface area contributed by atoms with Gasteiger partial charge in [-0.25, -0.2) is 9.59 Å². The van der Waals surface area contributed by atoms with Crippen LogP contribution in [-0.2, 0) is 9.47 Å². The summed E-state index contributed by atoms with van der Waals surface area (Å²) < 4.78 is 9.70. The molecule has 0 aromatic heterocycles. The van der Waals surface area contributed by atoms with Gasteiger partial charge in [0.1, 0.15) is 0 Å². The van der Waals surface area contributed by atoms with E-state index in [1.807, 2.05) is 9.24 Å². The smallest absolute Gasteiger partial charge is 0.338 e. The van der Waals surface area contributed by atoms with Gasteiger partial charge in [-0.15, -0.1) is 0 Å². The summed E-state index contributed by atoms with van der Waals surface area (Å²) in [5, 5.41) is 7.28. The number of carbonyl (C=O) groups is 2. The van der Waals surface area contributed by atoms with E-state index in [1.165, 1.54) is 0 Å². The third-order valence-corrected chi connectivity index (χ3v) is 1.92. The number of nitriles is 1. The third-order valence-electron chi connectivity index (χ3n) is 1.92. The van der Waals surface area contributed by atoms with Crippen LogP contribution in [0.4, 0.5) is 0 Å². The van der Waals surface area contributed by atoms with Gasteiger partial charge in [0.15, 0.2) is 0 Å². The maximum Gasteiger partial charge on any atom is 0.338 e. The van der Waals surface area contributed by atoms with Crippen molar-refractivity contribution in [1.82, 2.24) is 0 Å². The highest BCUT2D eigenvalue weighted by atomic mass is 31.0. The highest BCUT2D eigenvalue weighted by Gasteiger charge is 2.17. The van der Waals surface area contributed by atoms with Gasteiger partial charge in [-0.1, -0.05) is 12.1 Å². The number of ether oxygens (including phenoxy) is 2. The van der Waals surface area contributed by atoms with Crippen LogP contribution in [0.25, 0.3) is 0 Å². The molecule has 0 fully saturated rings. The Labute approximate surface area is 114 Å². The lowest BCUT2D eigenvalue weighted by Crippen LogP contribution is -2.13. The van der Waals surface area contributed by atoms with E-state index in [0.29, 0.717) is 0 Å². The summed E-state index contributed by atoms with van der Waals surface area (Å²) in [7, 11) is 1.88. The van der Waals surface area contributed by atoms with E-state index in [0.717, 1.165) is 0 Å². The number of carbonyl (C=O) groups excluding carboxylic acids is 2. The third kappa shape index (κ3) is 5.98. The van der Waals surface area contributed by atoms with E-state index in [4.69, 9.17) is 14.7 Å². The van der Waals surface area contributed by atoms with Crippen molar-refractivity contribution in [3.05, 3.63) is 35.4 Å². The molecule has 0 aliphatic heterocycles. The average molecular weight is 281 g/mol. The lowest BCUT2D eigenvalue weighted by molar-refractivity contribution is 0.0479. The van der Waals surface area contributed by atoms with E-state index in [2.05, 4.69) is 0 Å². The minimum Gasteiger partial charge on any atom is -0.462 e. The Kier molecular flexibility index (Phi) is 9.03. The van der Waals surface area contributed by atoms with Crippen LogP contribution in [0.15, 0.2) is 24.3 Å². The SMILES string of the molecule is CCOC(=O)c1ccccc1C(=O)OCC.N#CP. The van der Waals surface area contributed by atoms with Crippen LogP contribution in [-0.4, -0.2) is 25.2 Å². The van der Waals surface area contributed by atoms with Crippen molar-refractivity contribution in [3.8, 4) is 5.81 Å². The molecule has 1 rings (SSSR count). The van der Waals surface area contributed by atoms with Crippen LogP contribution in [0.3, 0.4) is 0 Å². The topological polar surface area (TPSA) is 76.4 Å². The first-order valence-corrected chi connectivity index (χ1v) is 6.23. The fourth-order valence-corrected chi connectivity index (χ4v) is 1.26. The molecule has 0 heterocycles. The molecule has 0 N–H and O–H groups in total. The van der Waals surface area contributed by atoms with Gasteiger partial charge in [-0.2, -0.15) is 5.26 Å². The number of rotatable bonds is 4. The van der Waals surface area contributed by atoms with Gasteiger partial charge in [0.2, 0.25) is 0 Å².